The van der Waals surface area contributed by atoms with Gasteiger partial charge in [-0.15, -0.1) is 10.2 Å². The second-order valence-corrected chi connectivity index (χ2v) is 9.89. The lowest BCUT2D eigenvalue weighted by atomic mass is 9.95. The molecule has 7 rings (SSSR count). The van der Waals surface area contributed by atoms with Crippen LogP contribution in [0.25, 0.3) is 16.6 Å². The minimum absolute atomic E-state index is 0.187. The molecule has 2 aliphatic rings. The fraction of sp³-hybridized carbons (Fsp3) is 0.286. The topological polar surface area (TPSA) is 121 Å². The third-order valence-electron chi connectivity index (χ3n) is 7.15. The van der Waals surface area contributed by atoms with Crippen LogP contribution in [0.3, 0.4) is 0 Å². The first kappa shape index (κ1) is 23.5. The van der Waals surface area contributed by atoms with Crippen molar-refractivity contribution in [3.63, 3.8) is 0 Å². The van der Waals surface area contributed by atoms with E-state index in [1.807, 2.05) is 31.2 Å². The van der Waals surface area contributed by atoms with E-state index in [4.69, 9.17) is 19.2 Å². The van der Waals surface area contributed by atoms with Gasteiger partial charge in [-0.2, -0.15) is 0 Å². The summed E-state index contributed by atoms with van der Waals surface area (Å²) in [6.07, 6.45) is 7.19. The molecule has 5 heterocycles. The van der Waals surface area contributed by atoms with Gasteiger partial charge < -0.3 is 19.5 Å². The Hall–Kier alpha value is -4.64. The number of nitrogens with zero attached hydrogens (tertiary/aromatic N) is 7. The largest absolute Gasteiger partial charge is 0.472 e. The van der Waals surface area contributed by atoms with Crippen molar-refractivity contribution >= 4 is 34.0 Å². The van der Waals surface area contributed by atoms with E-state index in [2.05, 4.69) is 42.6 Å². The van der Waals surface area contributed by atoms with Crippen LogP contribution in [0, 0.1) is 6.92 Å². The van der Waals surface area contributed by atoms with Crippen molar-refractivity contribution in [2.24, 2.45) is 4.99 Å². The van der Waals surface area contributed by atoms with Crippen LogP contribution in [0.1, 0.15) is 24.0 Å². The highest BCUT2D eigenvalue weighted by Crippen LogP contribution is 2.32. The van der Waals surface area contributed by atoms with Gasteiger partial charge in [-0.25, -0.2) is 15.0 Å². The Morgan fingerprint density at radius 3 is 2.85 bits per heavy atom. The number of fused-ring (bicyclic) bond motifs is 2. The summed E-state index contributed by atoms with van der Waals surface area (Å²) in [5, 5.41) is 12.3. The first-order valence-corrected chi connectivity index (χ1v) is 12.9. The molecule has 39 heavy (non-hydrogen) atoms. The minimum Gasteiger partial charge on any atom is -0.472 e. The van der Waals surface area contributed by atoms with Gasteiger partial charge in [-0.05, 0) is 48.4 Å². The number of aromatic nitrogens is 6. The SMILES string of the molecule is Cc1cc(Nc2ncnc3ccc(CC4=NCC5(CCOCC5)O4)cc23)ccc1Oc1cc2nncn2cn1. The number of benzene rings is 2. The van der Waals surface area contributed by atoms with E-state index in [0.29, 0.717) is 30.2 Å². The van der Waals surface area contributed by atoms with Gasteiger partial charge in [0.2, 0.25) is 5.88 Å². The van der Waals surface area contributed by atoms with Crippen molar-refractivity contribution in [3.8, 4) is 11.6 Å². The fourth-order valence-electron chi connectivity index (χ4n) is 4.99. The molecule has 1 fully saturated rings. The monoisotopic (exact) mass is 522 g/mol. The van der Waals surface area contributed by atoms with Gasteiger partial charge in [0, 0.05) is 36.4 Å². The molecule has 5 aromatic rings. The average Bonchev–Trinajstić information content (AvgIpc) is 3.57. The number of nitrogens with one attached hydrogen (secondary N) is 1. The lowest BCUT2D eigenvalue weighted by molar-refractivity contribution is -0.0369. The summed E-state index contributed by atoms with van der Waals surface area (Å²) in [5.74, 6) is 2.66. The molecular weight excluding hydrogens is 496 g/mol. The highest BCUT2D eigenvalue weighted by molar-refractivity contribution is 5.92. The molecule has 0 saturated carbocycles. The third kappa shape index (κ3) is 4.72. The van der Waals surface area contributed by atoms with E-state index in [0.717, 1.165) is 65.5 Å². The van der Waals surface area contributed by atoms with Crippen molar-refractivity contribution in [3.05, 3.63) is 72.6 Å². The van der Waals surface area contributed by atoms with Crippen LogP contribution in [0.4, 0.5) is 11.5 Å². The predicted molar refractivity (Wildman–Crippen MR) is 145 cm³/mol. The molecule has 0 unspecified atom stereocenters. The Labute approximate surface area is 223 Å². The Kier molecular flexibility index (Phi) is 5.77. The summed E-state index contributed by atoms with van der Waals surface area (Å²) in [4.78, 5) is 18.0. The Bertz CT molecular complexity index is 1710. The average molecular weight is 523 g/mol. The van der Waals surface area contributed by atoms with E-state index in [1.54, 1.807) is 29.4 Å². The van der Waals surface area contributed by atoms with Gasteiger partial charge in [0.15, 0.2) is 11.5 Å². The molecule has 0 radical (unpaired) electrons. The molecule has 0 aliphatic carbocycles. The van der Waals surface area contributed by atoms with Gasteiger partial charge in [0.05, 0.1) is 25.3 Å². The van der Waals surface area contributed by atoms with Crippen molar-refractivity contribution in [1.29, 1.82) is 0 Å². The van der Waals surface area contributed by atoms with Crippen LogP contribution >= 0.6 is 0 Å². The number of hydrogen-bond acceptors (Lipinski definition) is 10. The maximum absolute atomic E-state index is 6.31. The summed E-state index contributed by atoms with van der Waals surface area (Å²) in [6, 6.07) is 13.8. The summed E-state index contributed by atoms with van der Waals surface area (Å²) >= 11 is 0. The zero-order valence-corrected chi connectivity index (χ0v) is 21.4. The lowest BCUT2D eigenvalue weighted by Gasteiger charge is -2.32. The van der Waals surface area contributed by atoms with Gasteiger partial charge in [-0.1, -0.05) is 6.07 Å². The van der Waals surface area contributed by atoms with Crippen LogP contribution in [-0.4, -0.2) is 60.8 Å². The first-order valence-electron chi connectivity index (χ1n) is 12.9. The third-order valence-corrected chi connectivity index (χ3v) is 7.15. The fourth-order valence-corrected chi connectivity index (χ4v) is 4.99. The molecule has 2 aromatic carbocycles. The number of ether oxygens (including phenoxy) is 3. The summed E-state index contributed by atoms with van der Waals surface area (Å²) < 4.78 is 19.6. The highest BCUT2D eigenvalue weighted by Gasteiger charge is 2.39. The molecule has 0 atom stereocenters. The first-order chi connectivity index (χ1) is 19.1. The zero-order valence-electron chi connectivity index (χ0n) is 21.4. The minimum atomic E-state index is -0.187. The molecule has 1 N–H and O–H groups in total. The van der Waals surface area contributed by atoms with Crippen LogP contribution in [-0.2, 0) is 15.9 Å². The molecule has 2 aliphatic heterocycles. The molecule has 1 spiro atoms. The van der Waals surface area contributed by atoms with E-state index < -0.39 is 0 Å². The van der Waals surface area contributed by atoms with Crippen LogP contribution in [0.5, 0.6) is 11.6 Å². The molecule has 0 bridgehead atoms. The Morgan fingerprint density at radius 1 is 1.03 bits per heavy atom. The van der Waals surface area contributed by atoms with Gasteiger partial charge >= 0.3 is 0 Å². The number of anilines is 2. The van der Waals surface area contributed by atoms with E-state index >= 15 is 0 Å². The molecule has 3 aromatic heterocycles. The molecular formula is C28H26N8O3. The lowest BCUT2D eigenvalue weighted by Crippen LogP contribution is -2.39. The number of rotatable bonds is 6. The van der Waals surface area contributed by atoms with Gasteiger partial charge in [0.25, 0.3) is 0 Å². The number of aryl methyl sites for hydroxylation is 1. The highest BCUT2D eigenvalue weighted by atomic mass is 16.5. The second kappa shape index (κ2) is 9.59. The number of aliphatic imine (C=N–C) groups is 1. The van der Waals surface area contributed by atoms with E-state index in [1.165, 1.54) is 0 Å². The molecule has 11 nitrogen and oxygen atoms in total. The zero-order chi connectivity index (χ0) is 26.2. The maximum Gasteiger partial charge on any atom is 0.224 e. The maximum atomic E-state index is 6.31. The molecule has 0 amide bonds. The molecule has 11 heteroatoms. The Morgan fingerprint density at radius 2 is 1.95 bits per heavy atom. The van der Waals surface area contributed by atoms with E-state index in [-0.39, 0.29) is 5.60 Å². The summed E-state index contributed by atoms with van der Waals surface area (Å²) in [5.41, 5.74) is 4.27. The molecule has 1 saturated heterocycles. The van der Waals surface area contributed by atoms with Gasteiger partial charge in [-0.3, -0.25) is 9.39 Å². The summed E-state index contributed by atoms with van der Waals surface area (Å²) in [6.45, 7) is 4.15. The van der Waals surface area contributed by atoms with Crippen LogP contribution < -0.4 is 10.1 Å². The van der Waals surface area contributed by atoms with Crippen molar-refractivity contribution in [1.82, 2.24) is 29.5 Å². The quantitative estimate of drug-likeness (QED) is 0.345. The number of hydrogen-bond donors (Lipinski definition) is 1. The summed E-state index contributed by atoms with van der Waals surface area (Å²) in [7, 11) is 0. The van der Waals surface area contributed by atoms with Crippen molar-refractivity contribution in [2.45, 2.75) is 31.8 Å². The normalized spacial score (nSPS) is 16.4. The van der Waals surface area contributed by atoms with Crippen LogP contribution in [0.2, 0.25) is 0 Å². The van der Waals surface area contributed by atoms with Crippen molar-refractivity contribution < 1.29 is 14.2 Å². The van der Waals surface area contributed by atoms with Crippen LogP contribution in [0.15, 0.2) is 66.4 Å². The van der Waals surface area contributed by atoms with E-state index in [9.17, 15) is 0 Å². The standard InChI is InChI=1S/C28H26N8O3/c1-18-10-20(3-5-23(18)38-25-13-24-35-33-17-36(24)16-32-25)34-27-21-11-19(2-4-22(21)30-15-31-27)12-26-29-14-28(39-26)6-8-37-9-7-28/h2-5,10-11,13,15-17H,6-9,12,14H2,1H3,(H,30,31,34). The Balaban J connectivity index is 1.09. The smallest absolute Gasteiger partial charge is 0.224 e. The van der Waals surface area contributed by atoms with Crippen molar-refractivity contribution in [2.75, 3.05) is 25.1 Å². The van der Waals surface area contributed by atoms with Gasteiger partial charge in [0.1, 0.15) is 36.2 Å². The second-order valence-electron chi connectivity index (χ2n) is 9.89. The predicted octanol–water partition coefficient (Wildman–Crippen LogP) is 4.43. The molecule has 196 valence electrons.